The number of hydrogen-bond donors (Lipinski definition) is 2. The third kappa shape index (κ3) is 3.22. The van der Waals surface area contributed by atoms with Crippen molar-refractivity contribution in [1.29, 1.82) is 0 Å². The fraction of sp³-hybridized carbons (Fsp3) is 0.389. The predicted molar refractivity (Wildman–Crippen MR) is 99.0 cm³/mol. The number of nitrogens with zero attached hydrogens (tertiary/aromatic N) is 1. The summed E-state index contributed by atoms with van der Waals surface area (Å²) in [5.41, 5.74) is 1.89. The fourth-order valence-corrected chi connectivity index (χ4v) is 4.62. The van der Waals surface area contributed by atoms with Gasteiger partial charge < -0.3 is 14.2 Å². The van der Waals surface area contributed by atoms with E-state index in [9.17, 15) is 8.42 Å². The lowest BCUT2D eigenvalue weighted by molar-refractivity contribution is 0.390. The summed E-state index contributed by atoms with van der Waals surface area (Å²) in [6, 6.07) is 5.78. The highest BCUT2D eigenvalue weighted by Crippen LogP contribution is 2.32. The minimum Gasteiger partial charge on any atom is -0.497 e. The van der Waals surface area contributed by atoms with Crippen LogP contribution in [-0.2, 0) is 15.4 Å². The van der Waals surface area contributed by atoms with Gasteiger partial charge in [0.15, 0.2) is 5.76 Å². The van der Waals surface area contributed by atoms with Crippen molar-refractivity contribution in [2.24, 2.45) is 0 Å². The van der Waals surface area contributed by atoms with Gasteiger partial charge in [0.05, 0.1) is 7.11 Å². The number of hydrogen-bond acceptors (Lipinski definition) is 5. The summed E-state index contributed by atoms with van der Waals surface area (Å²) in [4.78, 5) is 3.34. The number of sulfonamides is 1. The number of aromatic nitrogens is 2. The number of ether oxygens (including phenoxy) is 1. The van der Waals surface area contributed by atoms with Crippen molar-refractivity contribution < 1.29 is 17.7 Å². The van der Waals surface area contributed by atoms with Gasteiger partial charge in [0.25, 0.3) is 0 Å². The van der Waals surface area contributed by atoms with Crippen LogP contribution in [0.5, 0.6) is 5.75 Å². The normalized spacial score (nSPS) is 12.7. The van der Waals surface area contributed by atoms with Crippen LogP contribution in [-0.4, -0.2) is 32.2 Å². The van der Waals surface area contributed by atoms with Crippen molar-refractivity contribution in [3.8, 4) is 5.75 Å². The molecule has 26 heavy (non-hydrogen) atoms. The Balaban J connectivity index is 1.90. The molecule has 2 aromatic heterocycles. The van der Waals surface area contributed by atoms with Crippen LogP contribution in [0.25, 0.3) is 10.9 Å². The van der Waals surface area contributed by atoms with Gasteiger partial charge in [-0.2, -0.15) is 0 Å². The summed E-state index contributed by atoms with van der Waals surface area (Å²) in [6.45, 7) is 7.41. The molecule has 0 radical (unpaired) electrons. The van der Waals surface area contributed by atoms with Crippen LogP contribution >= 0.6 is 0 Å². The van der Waals surface area contributed by atoms with Crippen molar-refractivity contribution in [1.82, 2.24) is 14.9 Å². The topological polar surface area (TPSA) is 97.2 Å². The zero-order chi connectivity index (χ0) is 19.1. The highest BCUT2D eigenvalue weighted by Gasteiger charge is 2.29. The molecule has 0 aliphatic carbocycles. The zero-order valence-electron chi connectivity index (χ0n) is 15.5. The molecule has 0 saturated heterocycles. The van der Waals surface area contributed by atoms with E-state index in [0.29, 0.717) is 5.69 Å². The van der Waals surface area contributed by atoms with Crippen LogP contribution in [0.3, 0.4) is 0 Å². The van der Waals surface area contributed by atoms with Crippen molar-refractivity contribution in [3.05, 3.63) is 41.4 Å². The summed E-state index contributed by atoms with van der Waals surface area (Å²) >= 11 is 0. The number of nitrogens with one attached hydrogen (secondary N) is 2. The second-order valence-electron chi connectivity index (χ2n) is 6.98. The van der Waals surface area contributed by atoms with Gasteiger partial charge in [-0.15, -0.1) is 0 Å². The number of aromatic amines is 1. The SMILES string of the molecule is COc1ccc2[nH]cc(C(C)(C)CNS(=O)(=O)c3c(C)noc3C)c2c1. The third-order valence-electron chi connectivity index (χ3n) is 4.56. The van der Waals surface area contributed by atoms with E-state index in [1.54, 1.807) is 21.0 Å². The Morgan fingerprint density at radius 1 is 1.31 bits per heavy atom. The molecule has 1 aromatic carbocycles. The number of aryl methyl sites for hydroxylation is 2. The molecule has 0 amide bonds. The first kappa shape index (κ1) is 18.5. The average Bonchev–Trinajstić information content (AvgIpc) is 3.16. The largest absolute Gasteiger partial charge is 0.497 e. The second-order valence-corrected chi connectivity index (χ2v) is 8.68. The molecule has 0 fully saturated rings. The van der Waals surface area contributed by atoms with Gasteiger partial charge in [-0.05, 0) is 37.6 Å². The molecule has 3 rings (SSSR count). The van der Waals surface area contributed by atoms with Gasteiger partial charge in [-0.3, -0.25) is 0 Å². The fourth-order valence-electron chi connectivity index (χ4n) is 3.09. The van der Waals surface area contributed by atoms with Crippen molar-refractivity contribution in [2.45, 2.75) is 38.0 Å². The molecular weight excluding hydrogens is 354 g/mol. The van der Waals surface area contributed by atoms with E-state index in [4.69, 9.17) is 9.26 Å². The molecule has 7 nitrogen and oxygen atoms in total. The molecule has 0 bridgehead atoms. The average molecular weight is 377 g/mol. The number of fused-ring (bicyclic) bond motifs is 1. The van der Waals surface area contributed by atoms with E-state index in [-0.39, 0.29) is 17.2 Å². The summed E-state index contributed by atoms with van der Waals surface area (Å²) in [6.07, 6.45) is 1.91. The van der Waals surface area contributed by atoms with Gasteiger partial charge in [-0.1, -0.05) is 19.0 Å². The number of H-pyrrole nitrogens is 1. The van der Waals surface area contributed by atoms with Crippen LogP contribution in [0, 0.1) is 13.8 Å². The monoisotopic (exact) mass is 377 g/mol. The van der Waals surface area contributed by atoms with Gasteiger partial charge >= 0.3 is 0 Å². The van der Waals surface area contributed by atoms with E-state index in [1.165, 1.54) is 0 Å². The number of benzene rings is 1. The van der Waals surface area contributed by atoms with Crippen molar-refractivity contribution in [3.63, 3.8) is 0 Å². The lowest BCUT2D eigenvalue weighted by Gasteiger charge is -2.25. The number of rotatable bonds is 6. The summed E-state index contributed by atoms with van der Waals surface area (Å²) in [5.74, 6) is 1.04. The minimum absolute atomic E-state index is 0.105. The standard InChI is InChI=1S/C18H23N3O4S/c1-11-17(12(2)25-21-11)26(22,23)20-10-18(3,4)15-9-19-16-7-6-13(24-5)8-14(15)16/h6-9,19-20H,10H2,1-5H3. The predicted octanol–water partition coefficient (Wildman–Crippen LogP) is 3.04. The molecule has 2 heterocycles. The van der Waals surface area contributed by atoms with Gasteiger partial charge in [0.2, 0.25) is 10.0 Å². The molecule has 140 valence electrons. The molecule has 0 unspecified atom stereocenters. The minimum atomic E-state index is -3.71. The zero-order valence-corrected chi connectivity index (χ0v) is 16.3. The lowest BCUT2D eigenvalue weighted by Crippen LogP contribution is -2.36. The Morgan fingerprint density at radius 2 is 2.04 bits per heavy atom. The Labute approximate surface area is 152 Å². The maximum Gasteiger partial charge on any atom is 0.245 e. The number of methoxy groups -OCH3 is 1. The summed E-state index contributed by atoms with van der Waals surface area (Å²) in [5, 5.41) is 4.73. The Bertz CT molecular complexity index is 1030. The van der Waals surface area contributed by atoms with Crippen molar-refractivity contribution >= 4 is 20.9 Å². The third-order valence-corrected chi connectivity index (χ3v) is 6.20. The first-order valence-electron chi connectivity index (χ1n) is 8.24. The van der Waals surface area contributed by atoms with Gasteiger partial charge in [0, 0.05) is 29.1 Å². The van der Waals surface area contributed by atoms with Crippen molar-refractivity contribution in [2.75, 3.05) is 13.7 Å². The first-order chi connectivity index (χ1) is 12.2. The van der Waals surface area contributed by atoms with E-state index >= 15 is 0 Å². The lowest BCUT2D eigenvalue weighted by atomic mass is 9.84. The molecule has 0 spiro atoms. The first-order valence-corrected chi connectivity index (χ1v) is 9.72. The second kappa shape index (κ2) is 6.44. The Kier molecular flexibility index (Phi) is 4.58. The maximum atomic E-state index is 12.7. The van der Waals surface area contributed by atoms with Crippen LogP contribution < -0.4 is 9.46 Å². The van der Waals surface area contributed by atoms with Crippen LogP contribution in [0.2, 0.25) is 0 Å². The summed E-state index contributed by atoms with van der Waals surface area (Å²) < 4.78 is 38.3. The van der Waals surface area contributed by atoms with E-state index in [1.807, 2.05) is 38.2 Å². The van der Waals surface area contributed by atoms with Gasteiger partial charge in [-0.25, -0.2) is 13.1 Å². The Hall–Kier alpha value is -2.32. The summed E-state index contributed by atoms with van der Waals surface area (Å²) in [7, 11) is -2.09. The smallest absolute Gasteiger partial charge is 0.245 e. The molecular formula is C18H23N3O4S. The maximum absolute atomic E-state index is 12.7. The molecule has 0 aliphatic heterocycles. The van der Waals surface area contributed by atoms with E-state index in [2.05, 4.69) is 14.9 Å². The molecule has 3 aromatic rings. The van der Waals surface area contributed by atoms with Crippen LogP contribution in [0.1, 0.15) is 30.9 Å². The molecule has 8 heteroatoms. The molecule has 0 saturated carbocycles. The van der Waals surface area contributed by atoms with E-state index < -0.39 is 15.4 Å². The quantitative estimate of drug-likeness (QED) is 0.688. The highest BCUT2D eigenvalue weighted by molar-refractivity contribution is 7.89. The molecule has 2 N–H and O–H groups in total. The van der Waals surface area contributed by atoms with E-state index in [0.717, 1.165) is 22.2 Å². The molecule has 0 atom stereocenters. The van der Waals surface area contributed by atoms with Gasteiger partial charge in [0.1, 0.15) is 16.3 Å². The Morgan fingerprint density at radius 3 is 2.65 bits per heavy atom. The van der Waals surface area contributed by atoms with Crippen LogP contribution in [0.4, 0.5) is 0 Å². The highest BCUT2D eigenvalue weighted by atomic mass is 32.2. The molecule has 0 aliphatic rings. The van der Waals surface area contributed by atoms with Crippen LogP contribution in [0.15, 0.2) is 33.8 Å².